The molecule has 1 aliphatic carbocycles. The predicted octanol–water partition coefficient (Wildman–Crippen LogP) is 4.02. The minimum absolute atomic E-state index is 0.00704. The summed E-state index contributed by atoms with van der Waals surface area (Å²) < 4.78 is 18.7. The van der Waals surface area contributed by atoms with Gasteiger partial charge < -0.3 is 9.73 Å². The SMILES string of the molecule is O=C(NCC[C@H](c1ccc(F)cc1)c1ccco1)C1CC=CC1. The first kappa shape index (κ1) is 15.5. The van der Waals surface area contributed by atoms with Crippen LogP contribution in [0.4, 0.5) is 4.39 Å². The van der Waals surface area contributed by atoms with Gasteiger partial charge in [0.15, 0.2) is 0 Å². The van der Waals surface area contributed by atoms with E-state index in [1.54, 1.807) is 18.4 Å². The van der Waals surface area contributed by atoms with Crippen LogP contribution in [0, 0.1) is 11.7 Å². The maximum atomic E-state index is 13.1. The number of nitrogens with one attached hydrogen (secondary N) is 1. The van der Waals surface area contributed by atoms with Gasteiger partial charge in [-0.15, -0.1) is 0 Å². The van der Waals surface area contributed by atoms with Gasteiger partial charge in [0.25, 0.3) is 0 Å². The van der Waals surface area contributed by atoms with Gasteiger partial charge in [0.2, 0.25) is 5.91 Å². The molecule has 1 aliphatic rings. The second-order valence-corrected chi connectivity index (χ2v) is 5.84. The summed E-state index contributed by atoms with van der Waals surface area (Å²) in [4.78, 5) is 12.1. The van der Waals surface area contributed by atoms with Crippen molar-refractivity contribution in [3.05, 3.63) is 72.0 Å². The van der Waals surface area contributed by atoms with Crippen molar-refractivity contribution in [3.8, 4) is 0 Å². The van der Waals surface area contributed by atoms with Crippen molar-refractivity contribution in [2.24, 2.45) is 5.92 Å². The van der Waals surface area contributed by atoms with Crippen molar-refractivity contribution in [3.63, 3.8) is 0 Å². The van der Waals surface area contributed by atoms with Gasteiger partial charge in [0.05, 0.1) is 6.26 Å². The van der Waals surface area contributed by atoms with E-state index in [4.69, 9.17) is 4.42 Å². The lowest BCUT2D eigenvalue weighted by atomic mass is 9.93. The zero-order chi connectivity index (χ0) is 16.1. The molecule has 1 atom stereocenters. The van der Waals surface area contributed by atoms with Gasteiger partial charge in [-0.3, -0.25) is 4.79 Å². The fourth-order valence-corrected chi connectivity index (χ4v) is 2.97. The van der Waals surface area contributed by atoms with Gasteiger partial charge in [0.1, 0.15) is 11.6 Å². The number of benzene rings is 1. The Bertz CT molecular complexity index is 653. The third kappa shape index (κ3) is 3.89. The van der Waals surface area contributed by atoms with Gasteiger partial charge in [-0.05, 0) is 49.1 Å². The number of hydrogen-bond donors (Lipinski definition) is 1. The van der Waals surface area contributed by atoms with Crippen LogP contribution in [0.3, 0.4) is 0 Å². The van der Waals surface area contributed by atoms with E-state index in [0.717, 1.165) is 24.2 Å². The average Bonchev–Trinajstić information content (AvgIpc) is 3.26. The average molecular weight is 313 g/mol. The molecule has 0 spiro atoms. The van der Waals surface area contributed by atoms with Crippen LogP contribution >= 0.6 is 0 Å². The Morgan fingerprint density at radius 1 is 1.22 bits per heavy atom. The van der Waals surface area contributed by atoms with Gasteiger partial charge in [-0.25, -0.2) is 4.39 Å². The highest BCUT2D eigenvalue weighted by Gasteiger charge is 2.21. The normalized spacial score (nSPS) is 15.7. The number of allylic oxidation sites excluding steroid dienone is 2. The van der Waals surface area contributed by atoms with Crippen LogP contribution in [-0.4, -0.2) is 12.5 Å². The molecular formula is C19H20FNO2. The molecule has 2 aromatic rings. The lowest BCUT2D eigenvalue weighted by molar-refractivity contribution is -0.124. The molecule has 1 amide bonds. The van der Waals surface area contributed by atoms with Crippen molar-refractivity contribution in [2.45, 2.75) is 25.2 Å². The highest BCUT2D eigenvalue weighted by atomic mass is 19.1. The Morgan fingerprint density at radius 3 is 2.61 bits per heavy atom. The van der Waals surface area contributed by atoms with E-state index in [9.17, 15) is 9.18 Å². The molecule has 0 saturated carbocycles. The molecule has 120 valence electrons. The molecule has 23 heavy (non-hydrogen) atoms. The van der Waals surface area contributed by atoms with Gasteiger partial charge in [-0.1, -0.05) is 24.3 Å². The Kier molecular flexibility index (Phi) is 4.91. The molecule has 3 rings (SSSR count). The van der Waals surface area contributed by atoms with Crippen molar-refractivity contribution in [1.29, 1.82) is 0 Å². The third-order valence-corrected chi connectivity index (χ3v) is 4.27. The standard InChI is InChI=1S/C19H20FNO2/c20-16-9-7-14(8-10-16)17(18-6-3-13-23-18)11-12-21-19(22)15-4-1-2-5-15/h1-3,6-10,13,15,17H,4-5,11-12H2,(H,21,22)/t17-/m1/s1. The van der Waals surface area contributed by atoms with Crippen LogP contribution < -0.4 is 5.32 Å². The quantitative estimate of drug-likeness (QED) is 0.818. The van der Waals surface area contributed by atoms with Crippen molar-refractivity contribution in [1.82, 2.24) is 5.32 Å². The summed E-state index contributed by atoms with van der Waals surface area (Å²) in [6.45, 7) is 0.568. The minimum Gasteiger partial charge on any atom is -0.469 e. The van der Waals surface area contributed by atoms with Crippen molar-refractivity contribution in [2.75, 3.05) is 6.54 Å². The molecule has 1 aromatic heterocycles. The molecule has 0 bridgehead atoms. The number of amides is 1. The highest BCUT2D eigenvalue weighted by Crippen LogP contribution is 2.28. The van der Waals surface area contributed by atoms with Crippen molar-refractivity contribution < 1.29 is 13.6 Å². The lowest BCUT2D eigenvalue weighted by Crippen LogP contribution is -2.31. The first-order valence-corrected chi connectivity index (χ1v) is 7.95. The van der Waals surface area contributed by atoms with Crippen LogP contribution in [-0.2, 0) is 4.79 Å². The molecule has 1 N–H and O–H groups in total. The molecule has 1 heterocycles. The summed E-state index contributed by atoms with van der Waals surface area (Å²) in [5.74, 6) is 0.755. The van der Waals surface area contributed by atoms with E-state index in [1.807, 2.05) is 12.1 Å². The van der Waals surface area contributed by atoms with E-state index >= 15 is 0 Å². The molecule has 0 unspecified atom stereocenters. The number of furan rings is 1. The third-order valence-electron chi connectivity index (χ3n) is 4.27. The summed E-state index contributed by atoms with van der Waals surface area (Å²) >= 11 is 0. The molecule has 0 aliphatic heterocycles. The summed E-state index contributed by atoms with van der Waals surface area (Å²) in [7, 11) is 0. The van der Waals surface area contributed by atoms with Crippen LogP contribution in [0.2, 0.25) is 0 Å². The smallest absolute Gasteiger partial charge is 0.223 e. The van der Waals surface area contributed by atoms with E-state index in [1.165, 1.54) is 12.1 Å². The zero-order valence-electron chi connectivity index (χ0n) is 12.9. The minimum atomic E-state index is -0.256. The topological polar surface area (TPSA) is 42.2 Å². The first-order valence-electron chi connectivity index (χ1n) is 7.95. The Balaban J connectivity index is 1.62. The summed E-state index contributed by atoms with van der Waals surface area (Å²) in [5.41, 5.74) is 0.984. The maximum absolute atomic E-state index is 13.1. The summed E-state index contributed by atoms with van der Waals surface area (Å²) in [6, 6.07) is 10.2. The summed E-state index contributed by atoms with van der Waals surface area (Å²) in [6.07, 6.45) is 8.10. The van der Waals surface area contributed by atoms with E-state index in [0.29, 0.717) is 13.0 Å². The van der Waals surface area contributed by atoms with E-state index < -0.39 is 0 Å². The molecule has 4 heteroatoms. The fraction of sp³-hybridized carbons (Fsp3) is 0.316. The number of rotatable bonds is 6. The maximum Gasteiger partial charge on any atom is 0.223 e. The molecule has 1 aromatic carbocycles. The molecular weight excluding hydrogens is 293 g/mol. The number of carbonyl (C=O) groups is 1. The van der Waals surface area contributed by atoms with E-state index in [2.05, 4.69) is 17.5 Å². The summed E-state index contributed by atoms with van der Waals surface area (Å²) in [5, 5.41) is 3.00. The van der Waals surface area contributed by atoms with E-state index in [-0.39, 0.29) is 23.6 Å². The zero-order valence-corrected chi connectivity index (χ0v) is 12.9. The molecule has 0 radical (unpaired) electrons. The van der Waals surface area contributed by atoms with Gasteiger partial charge in [0, 0.05) is 18.4 Å². The Hall–Kier alpha value is -2.36. The number of carbonyl (C=O) groups excluding carboxylic acids is 1. The number of hydrogen-bond acceptors (Lipinski definition) is 2. The number of halogens is 1. The lowest BCUT2D eigenvalue weighted by Gasteiger charge is -2.17. The molecule has 3 nitrogen and oxygen atoms in total. The van der Waals surface area contributed by atoms with Crippen molar-refractivity contribution >= 4 is 5.91 Å². The molecule has 0 saturated heterocycles. The fourth-order valence-electron chi connectivity index (χ4n) is 2.97. The Labute approximate surface area is 135 Å². The highest BCUT2D eigenvalue weighted by molar-refractivity contribution is 5.79. The van der Waals surface area contributed by atoms with Gasteiger partial charge in [-0.2, -0.15) is 0 Å². The van der Waals surface area contributed by atoms with Crippen LogP contribution in [0.5, 0.6) is 0 Å². The van der Waals surface area contributed by atoms with Gasteiger partial charge >= 0.3 is 0 Å². The first-order chi connectivity index (χ1) is 11.2. The molecule has 0 fully saturated rings. The van der Waals surface area contributed by atoms with Crippen LogP contribution in [0.1, 0.15) is 36.5 Å². The second kappa shape index (κ2) is 7.27. The largest absolute Gasteiger partial charge is 0.469 e. The second-order valence-electron chi connectivity index (χ2n) is 5.84. The van der Waals surface area contributed by atoms with Crippen LogP contribution in [0.15, 0.2) is 59.2 Å². The van der Waals surface area contributed by atoms with Crippen LogP contribution in [0.25, 0.3) is 0 Å². The predicted molar refractivity (Wildman–Crippen MR) is 86.4 cm³/mol. The monoisotopic (exact) mass is 313 g/mol. The Morgan fingerprint density at radius 2 is 1.96 bits per heavy atom.